The highest BCUT2D eigenvalue weighted by molar-refractivity contribution is 6.35. The maximum atomic E-state index is 6.18. The van der Waals surface area contributed by atoms with Crippen molar-refractivity contribution in [3.05, 3.63) is 28.2 Å². The topological polar surface area (TPSA) is 21.3 Å². The molecular weight excluding hydrogens is 269 g/mol. The van der Waals surface area contributed by atoms with E-state index in [4.69, 9.17) is 27.9 Å². The molecule has 1 aromatic rings. The highest BCUT2D eigenvalue weighted by atomic mass is 35.5. The molecule has 0 aromatic heterocycles. The van der Waals surface area contributed by atoms with Crippen molar-refractivity contribution >= 4 is 23.2 Å². The third-order valence-corrected chi connectivity index (χ3v) is 4.34. The normalized spacial score (nSPS) is 25.1. The van der Waals surface area contributed by atoms with Crippen LogP contribution in [0.1, 0.15) is 19.3 Å². The van der Waals surface area contributed by atoms with E-state index in [1.807, 2.05) is 12.1 Å². The lowest BCUT2D eigenvalue weighted by Gasteiger charge is -2.24. The van der Waals surface area contributed by atoms with Gasteiger partial charge in [-0.05, 0) is 49.9 Å². The Balaban J connectivity index is 1.75. The lowest BCUT2D eigenvalue weighted by atomic mass is 9.97. The van der Waals surface area contributed by atoms with E-state index in [2.05, 4.69) is 5.32 Å². The van der Waals surface area contributed by atoms with E-state index in [1.165, 1.54) is 19.3 Å². The lowest BCUT2D eigenvalue weighted by molar-refractivity contribution is 0.121. The van der Waals surface area contributed by atoms with Crippen LogP contribution < -0.4 is 10.1 Å². The van der Waals surface area contributed by atoms with E-state index >= 15 is 0 Å². The first-order chi connectivity index (χ1) is 8.74. The Morgan fingerprint density at radius 2 is 2.00 bits per heavy atom. The fourth-order valence-electron chi connectivity index (χ4n) is 2.68. The molecule has 2 atom stereocenters. The maximum Gasteiger partial charge on any atom is 0.138 e. The van der Waals surface area contributed by atoms with Gasteiger partial charge in [0, 0.05) is 17.5 Å². The Bertz CT molecular complexity index is 428. The molecule has 1 saturated carbocycles. The van der Waals surface area contributed by atoms with Crippen LogP contribution in [0.3, 0.4) is 0 Å². The van der Waals surface area contributed by atoms with Gasteiger partial charge in [-0.3, -0.25) is 0 Å². The number of ether oxygens (including phenoxy) is 1. The van der Waals surface area contributed by atoms with Gasteiger partial charge in [0.15, 0.2) is 0 Å². The van der Waals surface area contributed by atoms with Gasteiger partial charge in [0.05, 0.1) is 5.02 Å². The molecule has 1 N–H and O–H groups in total. The molecule has 1 aliphatic carbocycles. The van der Waals surface area contributed by atoms with Crippen molar-refractivity contribution in [3.63, 3.8) is 0 Å². The van der Waals surface area contributed by atoms with Crippen molar-refractivity contribution < 1.29 is 4.74 Å². The second kappa shape index (κ2) is 5.28. The third kappa shape index (κ3) is 2.76. The van der Waals surface area contributed by atoms with E-state index in [-0.39, 0.29) is 0 Å². The predicted octanol–water partition coefficient (Wildman–Crippen LogP) is 3.76. The summed E-state index contributed by atoms with van der Waals surface area (Å²) in [6.45, 7) is 2.16. The Labute approximate surface area is 118 Å². The summed E-state index contributed by atoms with van der Waals surface area (Å²) in [5.74, 6) is 2.09. The van der Waals surface area contributed by atoms with Gasteiger partial charge in [-0.15, -0.1) is 0 Å². The van der Waals surface area contributed by atoms with Gasteiger partial charge in [-0.25, -0.2) is 0 Å². The van der Waals surface area contributed by atoms with E-state index in [9.17, 15) is 0 Å². The largest absolute Gasteiger partial charge is 0.488 e. The molecule has 1 aromatic carbocycles. The Kier molecular flexibility index (Phi) is 3.69. The van der Waals surface area contributed by atoms with Gasteiger partial charge >= 0.3 is 0 Å². The van der Waals surface area contributed by atoms with Crippen LogP contribution in [0.2, 0.25) is 10.0 Å². The van der Waals surface area contributed by atoms with E-state index in [0.717, 1.165) is 18.8 Å². The van der Waals surface area contributed by atoms with Gasteiger partial charge < -0.3 is 10.1 Å². The molecule has 1 unspecified atom stereocenters. The molecule has 1 heterocycles. The Hall–Kier alpha value is -0.440. The highest BCUT2D eigenvalue weighted by Gasteiger charge is 2.39. The number of hydrogen-bond donors (Lipinski definition) is 1. The van der Waals surface area contributed by atoms with E-state index < -0.39 is 0 Å². The molecule has 1 aliphatic heterocycles. The molecule has 2 nitrogen and oxygen atoms in total. The highest BCUT2D eigenvalue weighted by Crippen LogP contribution is 2.41. The summed E-state index contributed by atoms with van der Waals surface area (Å²) < 4.78 is 6.18. The second-order valence-electron chi connectivity index (χ2n) is 5.25. The van der Waals surface area contributed by atoms with Crippen molar-refractivity contribution in [2.24, 2.45) is 11.8 Å². The van der Waals surface area contributed by atoms with Crippen molar-refractivity contribution in [2.45, 2.75) is 25.4 Å². The second-order valence-corrected chi connectivity index (χ2v) is 6.09. The maximum absolute atomic E-state index is 6.18. The minimum Gasteiger partial charge on any atom is -0.488 e. The van der Waals surface area contributed by atoms with E-state index in [0.29, 0.717) is 28.0 Å². The molecule has 2 fully saturated rings. The smallest absolute Gasteiger partial charge is 0.138 e. The van der Waals surface area contributed by atoms with E-state index in [1.54, 1.807) is 6.07 Å². The zero-order valence-electron chi connectivity index (χ0n) is 10.2. The quantitative estimate of drug-likeness (QED) is 0.910. The number of rotatable bonds is 4. The van der Waals surface area contributed by atoms with Crippen LogP contribution in [0.5, 0.6) is 5.75 Å². The molecule has 0 amide bonds. The fraction of sp³-hybridized carbons (Fsp3) is 0.571. The van der Waals surface area contributed by atoms with Gasteiger partial charge in [0.2, 0.25) is 0 Å². The summed E-state index contributed by atoms with van der Waals surface area (Å²) in [4.78, 5) is 0. The Morgan fingerprint density at radius 1 is 1.17 bits per heavy atom. The van der Waals surface area contributed by atoms with Crippen molar-refractivity contribution in [1.29, 1.82) is 0 Å². The first kappa shape index (κ1) is 12.6. The van der Waals surface area contributed by atoms with Gasteiger partial charge in [0.25, 0.3) is 0 Å². The molecule has 2 aliphatic rings. The van der Waals surface area contributed by atoms with Gasteiger partial charge in [-0.1, -0.05) is 23.2 Å². The van der Waals surface area contributed by atoms with Crippen LogP contribution in [0.15, 0.2) is 18.2 Å². The van der Waals surface area contributed by atoms with Crippen LogP contribution in [0, 0.1) is 11.8 Å². The molecular formula is C14H17Cl2NO. The van der Waals surface area contributed by atoms with Crippen LogP contribution in [-0.2, 0) is 0 Å². The van der Waals surface area contributed by atoms with Crippen LogP contribution in [-0.4, -0.2) is 19.2 Å². The Morgan fingerprint density at radius 3 is 2.61 bits per heavy atom. The summed E-state index contributed by atoms with van der Waals surface area (Å²) in [5, 5.41) is 4.67. The van der Waals surface area contributed by atoms with Crippen molar-refractivity contribution in [1.82, 2.24) is 5.32 Å². The average molecular weight is 286 g/mol. The molecule has 0 radical (unpaired) electrons. The van der Waals surface area contributed by atoms with Gasteiger partial charge in [-0.2, -0.15) is 0 Å². The zero-order valence-corrected chi connectivity index (χ0v) is 11.7. The van der Waals surface area contributed by atoms with Crippen LogP contribution >= 0.6 is 23.2 Å². The summed E-state index contributed by atoms with van der Waals surface area (Å²) >= 11 is 12.1. The molecule has 18 heavy (non-hydrogen) atoms. The zero-order chi connectivity index (χ0) is 12.5. The minimum absolute atomic E-state index is 0.304. The summed E-state index contributed by atoms with van der Waals surface area (Å²) in [5.41, 5.74) is 0. The van der Waals surface area contributed by atoms with Crippen molar-refractivity contribution in [2.75, 3.05) is 13.1 Å². The molecule has 1 saturated heterocycles. The predicted molar refractivity (Wildman–Crippen MR) is 74.6 cm³/mol. The first-order valence-corrected chi connectivity index (χ1v) is 7.32. The summed E-state index contributed by atoms with van der Waals surface area (Å²) in [6, 6.07) is 5.46. The lowest BCUT2D eigenvalue weighted by Crippen LogP contribution is -2.30. The summed E-state index contributed by atoms with van der Waals surface area (Å²) in [7, 11) is 0. The monoisotopic (exact) mass is 285 g/mol. The molecule has 3 rings (SSSR count). The number of nitrogens with one attached hydrogen (secondary N) is 1. The minimum atomic E-state index is 0.304. The number of benzene rings is 1. The van der Waals surface area contributed by atoms with Crippen molar-refractivity contribution in [3.8, 4) is 5.75 Å². The molecule has 98 valence electrons. The SMILES string of the molecule is Clc1ccc(OC(C2CC2)[C@H]2CCNC2)c(Cl)c1. The number of halogens is 2. The van der Waals surface area contributed by atoms with Gasteiger partial charge in [0.1, 0.15) is 11.9 Å². The molecule has 0 spiro atoms. The first-order valence-electron chi connectivity index (χ1n) is 6.56. The van der Waals surface area contributed by atoms with Crippen LogP contribution in [0.25, 0.3) is 0 Å². The standard InChI is InChI=1S/C14H17Cl2NO/c15-11-3-4-13(12(16)7-11)18-14(9-1-2-9)10-5-6-17-8-10/h3-4,7,9-10,14,17H,1-2,5-6,8H2/t10-,14?/m0/s1. The summed E-state index contributed by atoms with van der Waals surface area (Å²) in [6.07, 6.45) is 4.07. The molecule has 0 bridgehead atoms. The van der Waals surface area contributed by atoms with Crippen LogP contribution in [0.4, 0.5) is 0 Å². The number of hydrogen-bond acceptors (Lipinski definition) is 2. The third-order valence-electron chi connectivity index (χ3n) is 3.81. The average Bonchev–Trinajstić information content (AvgIpc) is 3.03. The molecule has 4 heteroatoms. The fourth-order valence-corrected chi connectivity index (χ4v) is 3.13.